The molecular formula is C10H12. The Kier molecular flexibility index (Phi) is 1.26. The Morgan fingerprint density at radius 2 is 2.20 bits per heavy atom. The highest BCUT2D eigenvalue weighted by molar-refractivity contribution is 5.80. The van der Waals surface area contributed by atoms with Gasteiger partial charge < -0.3 is 0 Å². The van der Waals surface area contributed by atoms with Gasteiger partial charge in [-0.2, -0.15) is 0 Å². The molecule has 0 N–H and O–H groups in total. The summed E-state index contributed by atoms with van der Waals surface area (Å²) in [5.41, 5.74) is 4.60. The molecule has 52 valence electrons. The average molecular weight is 132 g/mol. The van der Waals surface area contributed by atoms with Crippen LogP contribution in [-0.4, -0.2) is 0 Å². The van der Waals surface area contributed by atoms with Crippen LogP contribution in [0.25, 0.3) is 11.1 Å². The van der Waals surface area contributed by atoms with E-state index in [9.17, 15) is 0 Å². The standard InChI is InChI=1S/C10H12/c1-2-3-4-8-7-9-5-6-10(8)9/h5-7H,2-4H2,1H3. The van der Waals surface area contributed by atoms with Gasteiger partial charge in [-0.15, -0.1) is 0 Å². The molecule has 0 aromatic carbocycles. The summed E-state index contributed by atoms with van der Waals surface area (Å²) >= 11 is 0. The van der Waals surface area contributed by atoms with Crippen LogP contribution in [0.5, 0.6) is 0 Å². The molecule has 10 heavy (non-hydrogen) atoms. The van der Waals surface area contributed by atoms with Gasteiger partial charge in [0.1, 0.15) is 0 Å². The zero-order valence-electron chi connectivity index (χ0n) is 6.35. The number of hydrogen-bond donors (Lipinski definition) is 0. The lowest BCUT2D eigenvalue weighted by molar-refractivity contribution is 0.792. The third kappa shape index (κ3) is 0.683. The molecule has 0 saturated carbocycles. The molecule has 0 amide bonds. The van der Waals surface area contributed by atoms with Gasteiger partial charge in [-0.05, 0) is 29.5 Å². The number of aryl methyl sites for hydroxylation is 1. The van der Waals surface area contributed by atoms with Crippen molar-refractivity contribution >= 4 is 0 Å². The molecule has 0 nitrogen and oxygen atoms in total. The first kappa shape index (κ1) is 5.96. The smallest absolute Gasteiger partial charge is 0.0151 e. The van der Waals surface area contributed by atoms with E-state index in [0.29, 0.717) is 0 Å². The highest BCUT2D eigenvalue weighted by Crippen LogP contribution is 2.37. The Bertz CT molecular complexity index is 248. The molecule has 0 aromatic rings. The summed E-state index contributed by atoms with van der Waals surface area (Å²) in [5.74, 6) is 0. The van der Waals surface area contributed by atoms with Crippen LogP contribution < -0.4 is 0 Å². The molecular weight excluding hydrogens is 120 g/mol. The first-order valence-electron chi connectivity index (χ1n) is 4.05. The van der Waals surface area contributed by atoms with E-state index in [1.165, 1.54) is 30.4 Å². The van der Waals surface area contributed by atoms with E-state index in [4.69, 9.17) is 0 Å². The highest BCUT2D eigenvalue weighted by atomic mass is 14.2. The molecule has 0 spiro atoms. The molecule has 2 aliphatic rings. The maximum Gasteiger partial charge on any atom is -0.0151 e. The van der Waals surface area contributed by atoms with Crippen molar-refractivity contribution < 1.29 is 0 Å². The van der Waals surface area contributed by atoms with Gasteiger partial charge in [-0.1, -0.05) is 31.5 Å². The van der Waals surface area contributed by atoms with Gasteiger partial charge in [0.2, 0.25) is 0 Å². The van der Waals surface area contributed by atoms with E-state index in [-0.39, 0.29) is 0 Å². The van der Waals surface area contributed by atoms with Crippen molar-refractivity contribution in [2.45, 2.75) is 26.2 Å². The Morgan fingerprint density at radius 3 is 2.60 bits per heavy atom. The number of fused-ring (bicyclic) bond motifs is 1. The Hall–Kier alpha value is -0.780. The minimum Gasteiger partial charge on any atom is -0.0654 e. The van der Waals surface area contributed by atoms with Crippen LogP contribution >= 0.6 is 0 Å². The van der Waals surface area contributed by atoms with Crippen molar-refractivity contribution in [3.63, 3.8) is 0 Å². The number of hydrogen-bond acceptors (Lipinski definition) is 0. The molecule has 0 atom stereocenters. The minimum atomic E-state index is 1.29. The largest absolute Gasteiger partial charge is 0.0654 e. The van der Waals surface area contributed by atoms with Crippen molar-refractivity contribution in [2.24, 2.45) is 0 Å². The molecule has 0 fully saturated rings. The van der Waals surface area contributed by atoms with Crippen LogP contribution in [0, 0.1) is 0 Å². The van der Waals surface area contributed by atoms with E-state index in [1.54, 1.807) is 5.56 Å². The molecule has 2 rings (SSSR count). The highest BCUT2D eigenvalue weighted by Gasteiger charge is 2.14. The van der Waals surface area contributed by atoms with E-state index >= 15 is 0 Å². The minimum absolute atomic E-state index is 1.29. The second kappa shape index (κ2) is 2.12. The lowest BCUT2D eigenvalue weighted by atomic mass is 9.84. The van der Waals surface area contributed by atoms with Crippen molar-refractivity contribution in [1.82, 2.24) is 0 Å². The normalized spacial score (nSPS) is 11.7. The molecule has 0 bridgehead atoms. The predicted octanol–water partition coefficient (Wildman–Crippen LogP) is 3.01. The summed E-state index contributed by atoms with van der Waals surface area (Å²) in [7, 11) is 0. The second-order valence-corrected chi connectivity index (χ2v) is 2.98. The van der Waals surface area contributed by atoms with Crippen LogP contribution in [0.4, 0.5) is 0 Å². The summed E-state index contributed by atoms with van der Waals surface area (Å²) in [6, 6.07) is 6.72. The monoisotopic (exact) mass is 132 g/mol. The number of unbranched alkanes of at least 4 members (excludes halogenated alkanes) is 1. The summed E-state index contributed by atoms with van der Waals surface area (Å²) in [4.78, 5) is 0. The first-order chi connectivity index (χ1) is 4.92. The lowest BCUT2D eigenvalue weighted by Crippen LogP contribution is -1.99. The second-order valence-electron chi connectivity index (χ2n) is 2.98. The van der Waals surface area contributed by atoms with Gasteiger partial charge in [0, 0.05) is 0 Å². The fraction of sp³-hybridized carbons (Fsp3) is 0.400. The van der Waals surface area contributed by atoms with E-state index in [0.717, 1.165) is 0 Å². The third-order valence-electron chi connectivity index (χ3n) is 2.22. The molecule has 0 aliphatic heterocycles. The molecule has 0 heteroatoms. The van der Waals surface area contributed by atoms with Crippen LogP contribution in [0.1, 0.15) is 25.3 Å². The quantitative estimate of drug-likeness (QED) is 0.602. The van der Waals surface area contributed by atoms with Gasteiger partial charge in [-0.25, -0.2) is 0 Å². The fourth-order valence-corrected chi connectivity index (χ4v) is 1.44. The van der Waals surface area contributed by atoms with Crippen molar-refractivity contribution in [3.05, 3.63) is 23.8 Å². The van der Waals surface area contributed by atoms with Crippen LogP contribution in [-0.2, 0) is 6.42 Å². The number of rotatable bonds is 3. The molecule has 0 heterocycles. The summed E-state index contributed by atoms with van der Waals surface area (Å²) in [5, 5.41) is 0. The fourth-order valence-electron chi connectivity index (χ4n) is 1.44. The van der Waals surface area contributed by atoms with Crippen molar-refractivity contribution in [1.29, 1.82) is 0 Å². The van der Waals surface area contributed by atoms with Gasteiger partial charge >= 0.3 is 0 Å². The van der Waals surface area contributed by atoms with Crippen LogP contribution in [0.3, 0.4) is 0 Å². The van der Waals surface area contributed by atoms with Crippen molar-refractivity contribution in [3.8, 4) is 11.1 Å². The SMILES string of the molecule is CCCCc1cc2ccc1-2. The third-order valence-corrected chi connectivity index (χ3v) is 2.22. The summed E-state index contributed by atoms with van der Waals surface area (Å²) in [6.45, 7) is 2.24. The topological polar surface area (TPSA) is 0 Å². The van der Waals surface area contributed by atoms with E-state index < -0.39 is 0 Å². The Labute approximate surface area is 61.9 Å². The Morgan fingerprint density at radius 1 is 1.30 bits per heavy atom. The van der Waals surface area contributed by atoms with Gasteiger partial charge in [-0.3, -0.25) is 0 Å². The van der Waals surface area contributed by atoms with Gasteiger partial charge in [0.05, 0.1) is 0 Å². The van der Waals surface area contributed by atoms with Crippen LogP contribution in [0.15, 0.2) is 18.2 Å². The molecule has 0 saturated heterocycles. The molecule has 0 unspecified atom stereocenters. The summed E-state index contributed by atoms with van der Waals surface area (Å²) < 4.78 is 0. The van der Waals surface area contributed by atoms with Gasteiger partial charge in [0.15, 0.2) is 0 Å². The molecule has 2 aliphatic carbocycles. The summed E-state index contributed by atoms with van der Waals surface area (Å²) in [6.07, 6.45) is 3.94. The average Bonchev–Trinajstić information content (AvgIpc) is 1.92. The van der Waals surface area contributed by atoms with E-state index in [2.05, 4.69) is 25.1 Å². The lowest BCUT2D eigenvalue weighted by Gasteiger charge is -2.20. The molecule has 0 aromatic heterocycles. The Balaban J connectivity index is 1.99. The number of benzene rings is 1. The predicted molar refractivity (Wildman–Crippen MR) is 44.0 cm³/mol. The van der Waals surface area contributed by atoms with E-state index in [1.807, 2.05) is 0 Å². The molecule has 0 radical (unpaired) electrons. The maximum atomic E-state index is 2.31. The maximum absolute atomic E-state index is 2.31. The zero-order valence-corrected chi connectivity index (χ0v) is 6.35. The first-order valence-corrected chi connectivity index (χ1v) is 4.05. The van der Waals surface area contributed by atoms with Crippen LogP contribution in [0.2, 0.25) is 0 Å². The zero-order chi connectivity index (χ0) is 6.97. The van der Waals surface area contributed by atoms with Crippen molar-refractivity contribution in [2.75, 3.05) is 0 Å². The van der Waals surface area contributed by atoms with Gasteiger partial charge in [0.25, 0.3) is 0 Å².